The van der Waals surface area contributed by atoms with Gasteiger partial charge in [0.2, 0.25) is 0 Å². The van der Waals surface area contributed by atoms with Gasteiger partial charge in [-0.15, -0.1) is 0 Å². The highest BCUT2D eigenvalue weighted by Gasteiger charge is 2.44. The SMILES string of the molecule is COCCCCNC1CC1(C)C. The first kappa shape index (κ1) is 10.0. The van der Waals surface area contributed by atoms with E-state index < -0.39 is 0 Å². The molecule has 0 bridgehead atoms. The van der Waals surface area contributed by atoms with Gasteiger partial charge in [0.1, 0.15) is 0 Å². The lowest BCUT2D eigenvalue weighted by molar-refractivity contribution is 0.192. The van der Waals surface area contributed by atoms with E-state index in [1.807, 2.05) is 0 Å². The van der Waals surface area contributed by atoms with Gasteiger partial charge in [-0.3, -0.25) is 0 Å². The zero-order valence-electron chi connectivity index (χ0n) is 8.52. The molecule has 0 aromatic carbocycles. The molecule has 0 heterocycles. The predicted molar refractivity (Wildman–Crippen MR) is 51.3 cm³/mol. The average molecular weight is 171 g/mol. The van der Waals surface area contributed by atoms with Crippen molar-refractivity contribution in [3.8, 4) is 0 Å². The molecule has 1 N–H and O–H groups in total. The monoisotopic (exact) mass is 171 g/mol. The van der Waals surface area contributed by atoms with Gasteiger partial charge in [-0.05, 0) is 31.2 Å². The van der Waals surface area contributed by atoms with Gasteiger partial charge in [0.25, 0.3) is 0 Å². The van der Waals surface area contributed by atoms with Crippen LogP contribution in [0.5, 0.6) is 0 Å². The molecule has 0 aromatic heterocycles. The lowest BCUT2D eigenvalue weighted by Crippen LogP contribution is -2.21. The van der Waals surface area contributed by atoms with Crippen LogP contribution < -0.4 is 5.32 Å². The molecule has 2 nitrogen and oxygen atoms in total. The number of rotatable bonds is 6. The summed E-state index contributed by atoms with van der Waals surface area (Å²) in [5, 5.41) is 3.55. The van der Waals surface area contributed by atoms with Crippen LogP contribution in [0.2, 0.25) is 0 Å². The summed E-state index contributed by atoms with van der Waals surface area (Å²) < 4.78 is 4.98. The second kappa shape index (κ2) is 4.24. The predicted octanol–water partition coefficient (Wildman–Crippen LogP) is 1.80. The second-order valence-corrected chi connectivity index (χ2v) is 4.40. The van der Waals surface area contributed by atoms with Gasteiger partial charge in [0.15, 0.2) is 0 Å². The molecule has 1 rings (SSSR count). The standard InChI is InChI=1S/C10H21NO/c1-10(2)8-9(10)11-6-4-5-7-12-3/h9,11H,4-8H2,1-3H3. The zero-order valence-corrected chi connectivity index (χ0v) is 8.52. The van der Waals surface area contributed by atoms with Gasteiger partial charge in [-0.2, -0.15) is 0 Å². The molecule has 1 atom stereocenters. The lowest BCUT2D eigenvalue weighted by Gasteiger charge is -2.05. The van der Waals surface area contributed by atoms with Crippen molar-refractivity contribution in [3.63, 3.8) is 0 Å². The van der Waals surface area contributed by atoms with Crippen LogP contribution in [0.1, 0.15) is 33.1 Å². The molecule has 0 radical (unpaired) electrons. The summed E-state index contributed by atoms with van der Waals surface area (Å²) in [7, 11) is 1.76. The molecule has 0 spiro atoms. The molecule has 1 unspecified atom stereocenters. The number of ether oxygens (including phenoxy) is 1. The second-order valence-electron chi connectivity index (χ2n) is 4.40. The molecule has 1 fully saturated rings. The summed E-state index contributed by atoms with van der Waals surface area (Å²) >= 11 is 0. The van der Waals surface area contributed by atoms with Crippen LogP contribution in [0.15, 0.2) is 0 Å². The van der Waals surface area contributed by atoms with Gasteiger partial charge in [-0.25, -0.2) is 0 Å². The minimum absolute atomic E-state index is 0.571. The van der Waals surface area contributed by atoms with Crippen LogP contribution >= 0.6 is 0 Å². The van der Waals surface area contributed by atoms with Crippen LogP contribution in [0.4, 0.5) is 0 Å². The average Bonchev–Trinajstić information content (AvgIpc) is 2.59. The first-order chi connectivity index (χ1) is 5.67. The highest BCUT2D eigenvalue weighted by atomic mass is 16.5. The van der Waals surface area contributed by atoms with E-state index in [2.05, 4.69) is 19.2 Å². The molecule has 0 aromatic rings. The molecule has 0 amide bonds. The topological polar surface area (TPSA) is 21.3 Å². The highest BCUT2D eigenvalue weighted by Crippen LogP contribution is 2.44. The normalized spacial score (nSPS) is 25.8. The number of hydrogen-bond acceptors (Lipinski definition) is 2. The first-order valence-electron chi connectivity index (χ1n) is 4.89. The van der Waals surface area contributed by atoms with E-state index in [1.165, 1.54) is 19.3 Å². The van der Waals surface area contributed by atoms with E-state index in [0.717, 1.165) is 19.2 Å². The quantitative estimate of drug-likeness (QED) is 0.615. The summed E-state index contributed by atoms with van der Waals surface area (Å²) in [6.07, 6.45) is 3.76. The summed E-state index contributed by atoms with van der Waals surface area (Å²) in [4.78, 5) is 0. The maximum absolute atomic E-state index is 4.98. The summed E-state index contributed by atoms with van der Waals surface area (Å²) in [5.74, 6) is 0. The smallest absolute Gasteiger partial charge is 0.0462 e. The van der Waals surface area contributed by atoms with Gasteiger partial charge in [-0.1, -0.05) is 13.8 Å². The van der Waals surface area contributed by atoms with Crippen molar-refractivity contribution in [1.82, 2.24) is 5.32 Å². The van der Waals surface area contributed by atoms with Crippen LogP contribution in [-0.2, 0) is 4.74 Å². The summed E-state index contributed by atoms with van der Waals surface area (Å²) in [6, 6.07) is 0.778. The Balaban J connectivity index is 1.85. The molecule has 0 aliphatic heterocycles. The molecule has 1 aliphatic rings. The fourth-order valence-corrected chi connectivity index (χ4v) is 1.46. The number of nitrogens with one attached hydrogen (secondary N) is 1. The molecule has 2 heteroatoms. The van der Waals surface area contributed by atoms with Crippen LogP contribution in [0.3, 0.4) is 0 Å². The van der Waals surface area contributed by atoms with E-state index in [-0.39, 0.29) is 0 Å². The maximum atomic E-state index is 4.98. The Labute approximate surface area is 75.7 Å². The number of unbranched alkanes of at least 4 members (excludes halogenated alkanes) is 1. The largest absolute Gasteiger partial charge is 0.385 e. The van der Waals surface area contributed by atoms with Crippen molar-refractivity contribution in [2.75, 3.05) is 20.3 Å². The number of hydrogen-bond donors (Lipinski definition) is 1. The zero-order chi connectivity index (χ0) is 9.03. The summed E-state index contributed by atoms with van der Waals surface area (Å²) in [6.45, 7) is 6.69. The Hall–Kier alpha value is -0.0800. The Morgan fingerprint density at radius 2 is 2.08 bits per heavy atom. The Bertz CT molecular complexity index is 134. The van der Waals surface area contributed by atoms with Gasteiger partial charge < -0.3 is 10.1 Å². The molecule has 72 valence electrons. The highest BCUT2D eigenvalue weighted by molar-refractivity contribution is 5.01. The van der Waals surface area contributed by atoms with E-state index in [0.29, 0.717) is 5.41 Å². The third-order valence-electron chi connectivity index (χ3n) is 2.68. The van der Waals surface area contributed by atoms with Crippen molar-refractivity contribution in [2.45, 2.75) is 39.2 Å². The van der Waals surface area contributed by atoms with Gasteiger partial charge in [0.05, 0.1) is 0 Å². The molecular formula is C10H21NO. The number of methoxy groups -OCH3 is 1. The van der Waals surface area contributed by atoms with Crippen molar-refractivity contribution in [2.24, 2.45) is 5.41 Å². The minimum atomic E-state index is 0.571. The third kappa shape index (κ3) is 3.11. The first-order valence-corrected chi connectivity index (χ1v) is 4.89. The van der Waals surface area contributed by atoms with Crippen LogP contribution in [-0.4, -0.2) is 26.3 Å². The minimum Gasteiger partial charge on any atom is -0.385 e. The van der Waals surface area contributed by atoms with Crippen LogP contribution in [0, 0.1) is 5.41 Å². The van der Waals surface area contributed by atoms with Crippen molar-refractivity contribution in [1.29, 1.82) is 0 Å². The van der Waals surface area contributed by atoms with Crippen molar-refractivity contribution >= 4 is 0 Å². The fourth-order valence-electron chi connectivity index (χ4n) is 1.46. The molecule has 0 saturated heterocycles. The van der Waals surface area contributed by atoms with E-state index in [9.17, 15) is 0 Å². The molecule has 1 saturated carbocycles. The third-order valence-corrected chi connectivity index (χ3v) is 2.68. The Kier molecular flexibility index (Phi) is 3.53. The van der Waals surface area contributed by atoms with Gasteiger partial charge >= 0.3 is 0 Å². The van der Waals surface area contributed by atoms with Crippen LogP contribution in [0.25, 0.3) is 0 Å². The molecular weight excluding hydrogens is 150 g/mol. The lowest BCUT2D eigenvalue weighted by atomic mass is 10.2. The molecule has 1 aliphatic carbocycles. The van der Waals surface area contributed by atoms with E-state index in [1.54, 1.807) is 7.11 Å². The van der Waals surface area contributed by atoms with Crippen molar-refractivity contribution in [3.05, 3.63) is 0 Å². The van der Waals surface area contributed by atoms with Crippen molar-refractivity contribution < 1.29 is 4.74 Å². The van der Waals surface area contributed by atoms with E-state index in [4.69, 9.17) is 4.74 Å². The Morgan fingerprint density at radius 1 is 1.42 bits per heavy atom. The maximum Gasteiger partial charge on any atom is 0.0462 e. The van der Waals surface area contributed by atoms with E-state index >= 15 is 0 Å². The van der Waals surface area contributed by atoms with Gasteiger partial charge in [0, 0.05) is 19.8 Å². The molecule has 12 heavy (non-hydrogen) atoms. The Morgan fingerprint density at radius 3 is 2.58 bits per heavy atom. The summed E-state index contributed by atoms with van der Waals surface area (Å²) in [5.41, 5.74) is 0.571. The fraction of sp³-hybridized carbons (Fsp3) is 1.00.